The lowest BCUT2D eigenvalue weighted by molar-refractivity contribution is 0.0916. The van der Waals surface area contributed by atoms with E-state index in [0.717, 1.165) is 10.1 Å². The molecule has 0 aliphatic rings. The van der Waals surface area contributed by atoms with Gasteiger partial charge in [-0.2, -0.15) is 5.26 Å². The topological polar surface area (TPSA) is 92.3 Å². The minimum Gasteiger partial charge on any atom is -0.494 e. The number of rotatable bonds is 6. The van der Waals surface area contributed by atoms with Gasteiger partial charge in [0.15, 0.2) is 6.61 Å². The zero-order valence-electron chi connectivity index (χ0n) is 14.5. The highest BCUT2D eigenvalue weighted by molar-refractivity contribution is 6.01. The van der Waals surface area contributed by atoms with Gasteiger partial charge in [0.2, 0.25) is 11.7 Å². The van der Waals surface area contributed by atoms with Crippen molar-refractivity contribution in [1.82, 2.24) is 4.57 Å². The van der Waals surface area contributed by atoms with Gasteiger partial charge in [-0.05, 0) is 38.0 Å². The first-order valence-corrected chi connectivity index (χ1v) is 7.99. The number of benzene rings is 1. The summed E-state index contributed by atoms with van der Waals surface area (Å²) < 4.78 is 6.52. The minimum atomic E-state index is -0.588. The molecule has 25 heavy (non-hydrogen) atoms. The van der Waals surface area contributed by atoms with Crippen LogP contribution in [0.25, 0.3) is 0 Å². The van der Waals surface area contributed by atoms with Crippen LogP contribution in [0.4, 0.5) is 0 Å². The van der Waals surface area contributed by atoms with E-state index in [4.69, 9.17) is 4.74 Å². The average Bonchev–Trinajstić information content (AvgIpc) is 2.58. The molecule has 0 amide bonds. The highest BCUT2D eigenvalue weighted by Gasteiger charge is 2.23. The fourth-order valence-electron chi connectivity index (χ4n) is 2.57. The van der Waals surface area contributed by atoms with E-state index >= 15 is 0 Å². The number of ether oxygens (including phenoxy) is 1. The van der Waals surface area contributed by atoms with E-state index in [1.807, 2.05) is 32.0 Å². The Balaban J connectivity index is 2.38. The monoisotopic (exact) mass is 340 g/mol. The molecule has 0 atom stereocenters. The largest absolute Gasteiger partial charge is 0.494 e. The molecule has 2 aromatic rings. The molecule has 6 nitrogen and oxygen atoms in total. The zero-order chi connectivity index (χ0) is 18.6. The first-order chi connectivity index (χ1) is 11.9. The summed E-state index contributed by atoms with van der Waals surface area (Å²) >= 11 is 0. The van der Waals surface area contributed by atoms with Crippen LogP contribution in [0.1, 0.15) is 40.4 Å². The van der Waals surface area contributed by atoms with Crippen LogP contribution in [0.15, 0.2) is 29.1 Å². The van der Waals surface area contributed by atoms with Crippen molar-refractivity contribution in [2.24, 2.45) is 0 Å². The van der Waals surface area contributed by atoms with Crippen LogP contribution in [-0.4, -0.2) is 22.1 Å². The van der Waals surface area contributed by atoms with E-state index in [1.54, 1.807) is 12.1 Å². The standard InChI is InChI=1S/C19H20N2O4/c1-4-9-21-18(23)15(10-20)13(3)17(19(21)24)16(22)11-25-14-7-5-12(2)6-8-14/h5-8,24H,4,9,11H2,1-3H3. The average molecular weight is 340 g/mol. The van der Waals surface area contributed by atoms with Gasteiger partial charge >= 0.3 is 0 Å². The summed E-state index contributed by atoms with van der Waals surface area (Å²) in [5, 5.41) is 19.6. The second-order valence-corrected chi connectivity index (χ2v) is 5.79. The van der Waals surface area contributed by atoms with Gasteiger partial charge in [0.05, 0.1) is 5.56 Å². The normalized spacial score (nSPS) is 10.3. The van der Waals surface area contributed by atoms with Crippen molar-refractivity contribution in [1.29, 1.82) is 5.26 Å². The van der Waals surface area contributed by atoms with Crippen molar-refractivity contribution in [3.8, 4) is 17.7 Å². The lowest BCUT2D eigenvalue weighted by Gasteiger charge is -2.15. The third kappa shape index (κ3) is 3.72. The van der Waals surface area contributed by atoms with Gasteiger partial charge < -0.3 is 9.84 Å². The molecule has 0 unspecified atom stereocenters. The number of aryl methyl sites for hydroxylation is 1. The summed E-state index contributed by atoms with van der Waals surface area (Å²) in [5.74, 6) is -0.378. The third-order valence-corrected chi connectivity index (χ3v) is 3.92. The summed E-state index contributed by atoms with van der Waals surface area (Å²) in [7, 11) is 0. The van der Waals surface area contributed by atoms with Gasteiger partial charge in [-0.25, -0.2) is 0 Å². The number of nitrogens with zero attached hydrogens (tertiary/aromatic N) is 2. The SMILES string of the molecule is CCCn1c(O)c(C(=O)COc2ccc(C)cc2)c(C)c(C#N)c1=O. The van der Waals surface area contributed by atoms with E-state index in [2.05, 4.69) is 0 Å². The molecule has 2 rings (SSSR count). The first kappa shape index (κ1) is 18.3. The number of carbonyl (C=O) groups is 1. The molecule has 0 saturated carbocycles. The van der Waals surface area contributed by atoms with Crippen LogP contribution in [0.3, 0.4) is 0 Å². The summed E-state index contributed by atoms with van der Waals surface area (Å²) in [5.41, 5.74) is 0.476. The molecule has 0 bridgehead atoms. The van der Waals surface area contributed by atoms with E-state index in [1.165, 1.54) is 6.92 Å². The van der Waals surface area contributed by atoms with Crippen molar-refractivity contribution >= 4 is 5.78 Å². The van der Waals surface area contributed by atoms with Crippen LogP contribution in [0.5, 0.6) is 11.6 Å². The van der Waals surface area contributed by atoms with Crippen molar-refractivity contribution in [3.05, 3.63) is 56.9 Å². The maximum atomic E-state index is 12.6. The molecule has 6 heteroatoms. The van der Waals surface area contributed by atoms with Crippen LogP contribution in [-0.2, 0) is 6.54 Å². The Bertz CT molecular complexity index is 890. The second-order valence-electron chi connectivity index (χ2n) is 5.79. The van der Waals surface area contributed by atoms with Crippen LogP contribution in [0.2, 0.25) is 0 Å². The molecule has 1 N–H and O–H groups in total. The van der Waals surface area contributed by atoms with E-state index in [-0.39, 0.29) is 29.8 Å². The molecular formula is C19H20N2O4. The summed E-state index contributed by atoms with van der Waals surface area (Å²) in [4.78, 5) is 24.8. The van der Waals surface area contributed by atoms with Crippen LogP contribution < -0.4 is 10.3 Å². The molecule has 0 saturated heterocycles. The lowest BCUT2D eigenvalue weighted by atomic mass is 10.0. The predicted octanol–water partition coefficient (Wildman–Crippen LogP) is 2.71. The molecule has 1 heterocycles. The van der Waals surface area contributed by atoms with Crippen molar-refractivity contribution in [2.75, 3.05) is 6.61 Å². The van der Waals surface area contributed by atoms with Gasteiger partial charge in [0.25, 0.3) is 5.56 Å². The van der Waals surface area contributed by atoms with Crippen LogP contribution >= 0.6 is 0 Å². The molecule has 0 radical (unpaired) electrons. The van der Waals surface area contributed by atoms with Gasteiger partial charge in [0, 0.05) is 6.54 Å². The molecule has 1 aromatic carbocycles. The first-order valence-electron chi connectivity index (χ1n) is 7.99. The molecule has 0 spiro atoms. The Kier molecular flexibility index (Phi) is 5.60. The maximum absolute atomic E-state index is 12.6. The number of nitriles is 1. The Labute approximate surface area is 145 Å². The van der Waals surface area contributed by atoms with Gasteiger partial charge in [-0.1, -0.05) is 24.6 Å². The van der Waals surface area contributed by atoms with Crippen molar-refractivity contribution in [3.63, 3.8) is 0 Å². The molecule has 130 valence electrons. The summed E-state index contributed by atoms with van der Waals surface area (Å²) in [6, 6.07) is 9.03. The number of hydrogen-bond acceptors (Lipinski definition) is 5. The second kappa shape index (κ2) is 7.67. The van der Waals surface area contributed by atoms with Gasteiger partial charge in [0.1, 0.15) is 17.4 Å². The number of ketones is 1. The Morgan fingerprint density at radius 3 is 2.48 bits per heavy atom. The Morgan fingerprint density at radius 1 is 1.28 bits per heavy atom. The summed E-state index contributed by atoms with van der Waals surface area (Å²) in [6.07, 6.45) is 0.578. The Morgan fingerprint density at radius 2 is 1.92 bits per heavy atom. The fraction of sp³-hybridized carbons (Fsp3) is 0.316. The zero-order valence-corrected chi connectivity index (χ0v) is 14.5. The van der Waals surface area contributed by atoms with Crippen molar-refractivity contribution < 1.29 is 14.6 Å². The predicted molar refractivity (Wildman–Crippen MR) is 93.1 cm³/mol. The van der Waals surface area contributed by atoms with E-state index < -0.39 is 17.2 Å². The van der Waals surface area contributed by atoms with Gasteiger partial charge in [-0.3, -0.25) is 14.2 Å². The molecule has 1 aromatic heterocycles. The lowest BCUT2D eigenvalue weighted by Crippen LogP contribution is -2.27. The number of aromatic nitrogens is 1. The van der Waals surface area contributed by atoms with E-state index in [9.17, 15) is 20.0 Å². The quantitative estimate of drug-likeness (QED) is 0.816. The summed E-state index contributed by atoms with van der Waals surface area (Å²) in [6.45, 7) is 5.18. The number of carbonyl (C=O) groups excluding carboxylic acids is 1. The minimum absolute atomic E-state index is 0.0447. The van der Waals surface area contributed by atoms with E-state index in [0.29, 0.717) is 12.2 Å². The maximum Gasteiger partial charge on any atom is 0.271 e. The smallest absolute Gasteiger partial charge is 0.271 e. The highest BCUT2D eigenvalue weighted by Crippen LogP contribution is 2.23. The van der Waals surface area contributed by atoms with Crippen LogP contribution in [0, 0.1) is 25.2 Å². The molecule has 0 aliphatic heterocycles. The number of hydrogen-bond donors (Lipinski definition) is 1. The Hall–Kier alpha value is -3.07. The number of pyridine rings is 1. The number of aromatic hydroxyl groups is 1. The third-order valence-electron chi connectivity index (χ3n) is 3.92. The molecular weight excluding hydrogens is 320 g/mol. The number of Topliss-reactive ketones (excluding diaryl/α,β-unsaturated/α-hetero) is 1. The molecule has 0 fully saturated rings. The highest BCUT2D eigenvalue weighted by atomic mass is 16.5. The van der Waals surface area contributed by atoms with Gasteiger partial charge in [-0.15, -0.1) is 0 Å². The molecule has 0 aliphatic carbocycles. The van der Waals surface area contributed by atoms with Crippen molar-refractivity contribution in [2.45, 2.75) is 33.7 Å². The fourth-order valence-corrected chi connectivity index (χ4v) is 2.57.